The Bertz CT molecular complexity index is 527. The Balaban J connectivity index is 2.14. The van der Waals surface area contributed by atoms with Gasteiger partial charge in [-0.3, -0.25) is 0 Å². The summed E-state index contributed by atoms with van der Waals surface area (Å²) in [5.74, 6) is 0. The van der Waals surface area contributed by atoms with E-state index < -0.39 is 10.0 Å². The largest absolute Gasteiger partial charge is 0.306 e. The molecule has 1 saturated heterocycles. The van der Waals surface area contributed by atoms with Crippen molar-refractivity contribution in [1.29, 1.82) is 0 Å². The first-order chi connectivity index (χ1) is 8.82. The van der Waals surface area contributed by atoms with Gasteiger partial charge in [-0.15, -0.1) is 11.3 Å². The van der Waals surface area contributed by atoms with Crippen LogP contribution in [-0.2, 0) is 10.0 Å². The summed E-state index contributed by atoms with van der Waals surface area (Å²) in [4.78, 5) is 2.18. The molecule has 0 unspecified atom stereocenters. The van der Waals surface area contributed by atoms with E-state index in [1.807, 2.05) is 6.92 Å². The number of aryl methyl sites for hydroxylation is 1. The highest BCUT2D eigenvalue weighted by atomic mass is 79.9. The third kappa shape index (κ3) is 3.21. The van der Waals surface area contributed by atoms with E-state index in [4.69, 9.17) is 0 Å². The predicted octanol–water partition coefficient (Wildman–Crippen LogP) is 2.53. The van der Waals surface area contributed by atoms with Crippen LogP contribution in [-0.4, -0.2) is 50.8 Å². The fraction of sp³-hybridized carbons (Fsp3) is 0.667. The molecule has 0 amide bonds. The second-order valence-electron chi connectivity index (χ2n) is 5.12. The van der Waals surface area contributed by atoms with Crippen LogP contribution in [0, 0.1) is 6.92 Å². The second-order valence-corrected chi connectivity index (χ2v) is 9.66. The molecule has 2 rings (SSSR count). The highest BCUT2D eigenvalue weighted by Gasteiger charge is 2.31. The third-order valence-electron chi connectivity index (χ3n) is 3.58. The van der Waals surface area contributed by atoms with E-state index in [2.05, 4.69) is 34.9 Å². The van der Waals surface area contributed by atoms with Crippen LogP contribution >= 0.6 is 27.3 Å². The molecule has 1 fully saturated rings. The molecular formula is C12H19BrN2O2S2. The SMILES string of the molecule is Cc1cc(S(=O)(=O)N2CCC(N(C)C)CC2)sc1Br. The quantitative estimate of drug-likeness (QED) is 0.825. The molecule has 108 valence electrons. The molecule has 0 N–H and O–H groups in total. The lowest BCUT2D eigenvalue weighted by Gasteiger charge is -2.34. The van der Waals surface area contributed by atoms with Crippen molar-refractivity contribution >= 4 is 37.3 Å². The van der Waals surface area contributed by atoms with Crippen LogP contribution in [0.1, 0.15) is 18.4 Å². The van der Waals surface area contributed by atoms with Crippen molar-refractivity contribution in [3.8, 4) is 0 Å². The monoisotopic (exact) mass is 366 g/mol. The van der Waals surface area contributed by atoms with Gasteiger partial charge in [0.05, 0.1) is 3.79 Å². The van der Waals surface area contributed by atoms with Crippen molar-refractivity contribution < 1.29 is 8.42 Å². The lowest BCUT2D eigenvalue weighted by atomic mass is 10.1. The highest BCUT2D eigenvalue weighted by Crippen LogP contribution is 2.33. The molecule has 19 heavy (non-hydrogen) atoms. The average molecular weight is 367 g/mol. The fourth-order valence-corrected chi connectivity index (χ4v) is 6.14. The molecule has 4 nitrogen and oxygen atoms in total. The van der Waals surface area contributed by atoms with Gasteiger partial charge in [-0.25, -0.2) is 8.42 Å². The van der Waals surface area contributed by atoms with Crippen molar-refractivity contribution in [2.75, 3.05) is 27.2 Å². The van der Waals surface area contributed by atoms with Crippen molar-refractivity contribution in [2.45, 2.75) is 30.0 Å². The molecule has 0 radical (unpaired) electrons. The van der Waals surface area contributed by atoms with Gasteiger partial charge < -0.3 is 4.90 Å². The van der Waals surface area contributed by atoms with Gasteiger partial charge in [-0.05, 0) is 61.4 Å². The highest BCUT2D eigenvalue weighted by molar-refractivity contribution is 9.11. The fourth-order valence-electron chi connectivity index (χ4n) is 2.29. The summed E-state index contributed by atoms with van der Waals surface area (Å²) in [6, 6.07) is 2.24. The molecule has 1 aliphatic rings. The molecule has 0 spiro atoms. The molecule has 0 aliphatic carbocycles. The van der Waals surface area contributed by atoms with Gasteiger partial charge in [0.2, 0.25) is 0 Å². The third-order valence-corrected chi connectivity index (χ3v) is 8.07. The number of thiophene rings is 1. The summed E-state index contributed by atoms with van der Waals surface area (Å²) < 4.78 is 28.0. The summed E-state index contributed by atoms with van der Waals surface area (Å²) in [5, 5.41) is 0. The van der Waals surface area contributed by atoms with Gasteiger partial charge in [-0.1, -0.05) is 0 Å². The number of piperidine rings is 1. The van der Waals surface area contributed by atoms with Crippen molar-refractivity contribution in [3.63, 3.8) is 0 Å². The molecule has 2 heterocycles. The number of hydrogen-bond acceptors (Lipinski definition) is 4. The second kappa shape index (κ2) is 5.81. The molecular weight excluding hydrogens is 348 g/mol. The summed E-state index contributed by atoms with van der Waals surface area (Å²) in [5.41, 5.74) is 0.978. The van der Waals surface area contributed by atoms with E-state index in [9.17, 15) is 8.42 Å². The first-order valence-electron chi connectivity index (χ1n) is 6.25. The molecule has 0 atom stereocenters. The van der Waals surface area contributed by atoms with E-state index in [-0.39, 0.29) is 0 Å². The van der Waals surface area contributed by atoms with Crippen LogP contribution in [0.5, 0.6) is 0 Å². The van der Waals surface area contributed by atoms with Gasteiger partial charge >= 0.3 is 0 Å². The maximum Gasteiger partial charge on any atom is 0.252 e. The zero-order chi connectivity index (χ0) is 14.2. The summed E-state index contributed by atoms with van der Waals surface area (Å²) >= 11 is 4.69. The lowest BCUT2D eigenvalue weighted by molar-refractivity contribution is 0.197. The molecule has 0 saturated carbocycles. The Morgan fingerprint density at radius 2 is 1.95 bits per heavy atom. The molecule has 1 aliphatic heterocycles. The topological polar surface area (TPSA) is 40.6 Å². The van der Waals surface area contributed by atoms with Gasteiger partial charge in [-0.2, -0.15) is 4.31 Å². The number of hydrogen-bond donors (Lipinski definition) is 0. The molecule has 1 aromatic heterocycles. The maximum absolute atomic E-state index is 12.5. The molecule has 0 bridgehead atoms. The zero-order valence-corrected chi connectivity index (χ0v) is 14.6. The Labute approximate surface area is 127 Å². The van der Waals surface area contributed by atoms with E-state index in [0.717, 1.165) is 22.2 Å². The van der Waals surface area contributed by atoms with Gasteiger partial charge in [0.1, 0.15) is 4.21 Å². The Morgan fingerprint density at radius 1 is 1.37 bits per heavy atom. The zero-order valence-electron chi connectivity index (χ0n) is 11.4. The first kappa shape index (κ1) is 15.4. The predicted molar refractivity (Wildman–Crippen MR) is 82.2 cm³/mol. The van der Waals surface area contributed by atoms with E-state index >= 15 is 0 Å². The van der Waals surface area contributed by atoms with Crippen LogP contribution in [0.2, 0.25) is 0 Å². The lowest BCUT2D eigenvalue weighted by Crippen LogP contribution is -2.44. The molecule has 1 aromatic rings. The number of sulfonamides is 1. The molecule has 7 heteroatoms. The van der Waals surface area contributed by atoms with Crippen molar-refractivity contribution in [3.05, 3.63) is 15.4 Å². The van der Waals surface area contributed by atoms with Gasteiger partial charge in [0.15, 0.2) is 0 Å². The maximum atomic E-state index is 12.5. The summed E-state index contributed by atoms with van der Waals surface area (Å²) in [6.07, 6.45) is 1.80. The van der Waals surface area contributed by atoms with Crippen molar-refractivity contribution in [2.24, 2.45) is 0 Å². The summed E-state index contributed by atoms with van der Waals surface area (Å²) in [6.45, 7) is 3.14. The standard InChI is InChI=1S/C12H19BrN2O2S2/c1-9-8-11(18-12(9)13)19(16,17)15-6-4-10(5-7-15)14(2)3/h8,10H,4-7H2,1-3H3. The average Bonchev–Trinajstić information content (AvgIpc) is 2.70. The number of nitrogens with zero attached hydrogens (tertiary/aromatic N) is 2. The van der Waals surface area contributed by atoms with Crippen LogP contribution < -0.4 is 0 Å². The molecule has 0 aromatic carbocycles. The smallest absolute Gasteiger partial charge is 0.252 e. The number of halogens is 1. The Kier molecular flexibility index (Phi) is 4.72. The van der Waals surface area contributed by atoms with Gasteiger partial charge in [0, 0.05) is 19.1 Å². The minimum absolute atomic E-state index is 0.445. The number of rotatable bonds is 3. The normalized spacial score (nSPS) is 19.2. The minimum Gasteiger partial charge on any atom is -0.306 e. The summed E-state index contributed by atoms with van der Waals surface area (Å²) in [7, 11) is 0.791. The van der Waals surface area contributed by atoms with Crippen LogP contribution in [0.4, 0.5) is 0 Å². The van der Waals surface area contributed by atoms with Gasteiger partial charge in [0.25, 0.3) is 10.0 Å². The first-order valence-corrected chi connectivity index (χ1v) is 9.30. The van der Waals surface area contributed by atoms with E-state index in [1.165, 1.54) is 11.3 Å². The van der Waals surface area contributed by atoms with Crippen molar-refractivity contribution in [1.82, 2.24) is 9.21 Å². The van der Waals surface area contributed by atoms with Crippen LogP contribution in [0.15, 0.2) is 14.1 Å². The van der Waals surface area contributed by atoms with Crippen LogP contribution in [0.3, 0.4) is 0 Å². The minimum atomic E-state index is -3.31. The van der Waals surface area contributed by atoms with E-state index in [1.54, 1.807) is 10.4 Å². The Morgan fingerprint density at radius 3 is 2.37 bits per heavy atom. The van der Waals surface area contributed by atoms with E-state index in [0.29, 0.717) is 23.3 Å². The Hall–Kier alpha value is 0.0500. The van der Waals surface area contributed by atoms with Crippen LogP contribution in [0.25, 0.3) is 0 Å².